The molecule has 1 fully saturated rings. The lowest BCUT2D eigenvalue weighted by Crippen LogP contribution is -2.38. The molecule has 2 amide bonds. The number of likely N-dealkylation sites (N-methyl/N-ethyl adjacent to an activating group) is 1. The van der Waals surface area contributed by atoms with Gasteiger partial charge in [0.05, 0.1) is 24.6 Å². The van der Waals surface area contributed by atoms with Gasteiger partial charge in [-0.15, -0.1) is 0 Å². The Morgan fingerprint density at radius 2 is 1.84 bits per heavy atom. The molecule has 0 aliphatic carbocycles. The second-order valence-corrected chi connectivity index (χ2v) is 9.43. The van der Waals surface area contributed by atoms with Gasteiger partial charge in [0.25, 0.3) is 5.91 Å². The molecular weight excluding hydrogens is 430 g/mol. The number of sulfonamides is 1. The number of methoxy groups -OCH3 is 1. The maximum absolute atomic E-state index is 12.9. The third-order valence-corrected chi connectivity index (χ3v) is 7.32. The van der Waals surface area contributed by atoms with E-state index in [0.717, 1.165) is 28.7 Å². The van der Waals surface area contributed by atoms with E-state index in [2.05, 4.69) is 24.1 Å². The zero-order valence-corrected chi connectivity index (χ0v) is 19.4. The molecular formula is C23H29N3O5S. The lowest BCUT2D eigenvalue weighted by Gasteiger charge is -2.30. The maximum atomic E-state index is 12.9. The monoisotopic (exact) mass is 459 g/mol. The van der Waals surface area contributed by atoms with Gasteiger partial charge in [-0.1, -0.05) is 32.0 Å². The van der Waals surface area contributed by atoms with Gasteiger partial charge in [-0.05, 0) is 49.0 Å². The number of amides is 2. The van der Waals surface area contributed by atoms with Crippen LogP contribution in [0.5, 0.6) is 5.75 Å². The number of carbonyl (C=O) groups excluding carboxylic acids is 2. The van der Waals surface area contributed by atoms with Crippen molar-refractivity contribution in [1.29, 1.82) is 0 Å². The van der Waals surface area contributed by atoms with Crippen molar-refractivity contribution in [1.82, 2.24) is 10.2 Å². The van der Waals surface area contributed by atoms with E-state index in [1.54, 1.807) is 19.2 Å². The van der Waals surface area contributed by atoms with Crippen LogP contribution in [0.25, 0.3) is 0 Å². The van der Waals surface area contributed by atoms with Crippen molar-refractivity contribution in [2.45, 2.75) is 26.3 Å². The predicted octanol–water partition coefficient (Wildman–Crippen LogP) is 2.57. The molecule has 1 aliphatic heterocycles. The van der Waals surface area contributed by atoms with E-state index in [1.165, 1.54) is 12.1 Å². The molecule has 8 nitrogen and oxygen atoms in total. The van der Waals surface area contributed by atoms with Crippen molar-refractivity contribution < 1.29 is 22.7 Å². The SMILES string of the molecule is CCN(CC)[C@H](CNC(=O)c1cccc(N2C(=O)CCS2(=O)=O)c1)c1ccc(OC)cc1. The number of nitrogens with one attached hydrogen (secondary N) is 1. The Morgan fingerprint density at radius 3 is 2.41 bits per heavy atom. The fourth-order valence-electron chi connectivity index (χ4n) is 3.88. The number of rotatable bonds is 9. The predicted molar refractivity (Wildman–Crippen MR) is 123 cm³/mol. The summed E-state index contributed by atoms with van der Waals surface area (Å²) >= 11 is 0. The molecule has 0 saturated carbocycles. The molecule has 0 spiro atoms. The Hall–Kier alpha value is -2.91. The summed E-state index contributed by atoms with van der Waals surface area (Å²) in [5.74, 6) is -0.264. The van der Waals surface area contributed by atoms with Gasteiger partial charge in [0.1, 0.15) is 5.75 Å². The number of nitrogens with zero attached hydrogens (tertiary/aromatic N) is 2. The van der Waals surface area contributed by atoms with Gasteiger partial charge in [0.2, 0.25) is 15.9 Å². The molecule has 0 unspecified atom stereocenters. The van der Waals surface area contributed by atoms with Crippen molar-refractivity contribution in [3.05, 3.63) is 59.7 Å². The highest BCUT2D eigenvalue weighted by Crippen LogP contribution is 2.26. The quantitative estimate of drug-likeness (QED) is 0.619. The number of hydrogen-bond donors (Lipinski definition) is 1. The fraction of sp³-hybridized carbons (Fsp3) is 0.391. The summed E-state index contributed by atoms with van der Waals surface area (Å²) in [4.78, 5) is 27.2. The molecule has 2 aromatic rings. The molecule has 1 atom stereocenters. The molecule has 1 N–H and O–H groups in total. The smallest absolute Gasteiger partial charge is 0.251 e. The van der Waals surface area contributed by atoms with Crippen LogP contribution < -0.4 is 14.4 Å². The number of benzene rings is 2. The summed E-state index contributed by atoms with van der Waals surface area (Å²) in [5, 5.41) is 2.96. The minimum absolute atomic E-state index is 0.0384. The number of hydrogen-bond acceptors (Lipinski definition) is 6. The molecule has 3 rings (SSSR count). The van der Waals surface area contributed by atoms with E-state index in [1.807, 2.05) is 24.3 Å². The summed E-state index contributed by atoms with van der Waals surface area (Å²) in [7, 11) is -2.06. The lowest BCUT2D eigenvalue weighted by atomic mass is 10.0. The third kappa shape index (κ3) is 5.11. The summed E-state index contributed by atoms with van der Waals surface area (Å²) in [6.07, 6.45) is -0.0494. The van der Waals surface area contributed by atoms with Crippen LogP contribution in [0.3, 0.4) is 0 Å². The lowest BCUT2D eigenvalue weighted by molar-refractivity contribution is -0.116. The van der Waals surface area contributed by atoms with Crippen molar-refractivity contribution in [3.8, 4) is 5.75 Å². The molecule has 1 aliphatic rings. The highest BCUT2D eigenvalue weighted by atomic mass is 32.2. The van der Waals surface area contributed by atoms with E-state index in [9.17, 15) is 18.0 Å². The largest absolute Gasteiger partial charge is 0.497 e. The van der Waals surface area contributed by atoms with Gasteiger partial charge in [0.15, 0.2) is 0 Å². The molecule has 9 heteroatoms. The van der Waals surface area contributed by atoms with E-state index < -0.39 is 15.9 Å². The average molecular weight is 460 g/mol. The minimum Gasteiger partial charge on any atom is -0.497 e. The molecule has 172 valence electrons. The first-order valence-corrected chi connectivity index (χ1v) is 12.2. The average Bonchev–Trinajstić information content (AvgIpc) is 3.08. The van der Waals surface area contributed by atoms with Gasteiger partial charge in [-0.3, -0.25) is 14.5 Å². The first-order valence-electron chi connectivity index (χ1n) is 10.6. The zero-order chi connectivity index (χ0) is 23.3. The standard InChI is InChI=1S/C23H29N3O5S/c1-4-25(5-2)21(17-9-11-20(31-3)12-10-17)16-24-23(28)18-7-6-8-19(15-18)26-22(27)13-14-32(26,29)30/h6-12,15,21H,4-5,13-14,16H2,1-3H3,(H,24,28)/t21-/m1/s1. The second kappa shape index (κ2) is 10.1. The normalized spacial score (nSPS) is 16.2. The topological polar surface area (TPSA) is 96.0 Å². The summed E-state index contributed by atoms with van der Waals surface area (Å²) in [5.41, 5.74) is 1.54. The van der Waals surface area contributed by atoms with Crippen molar-refractivity contribution in [2.75, 3.05) is 36.8 Å². The first kappa shape index (κ1) is 23.7. The van der Waals surface area contributed by atoms with Crippen LogP contribution in [0.1, 0.15) is 42.2 Å². The zero-order valence-electron chi connectivity index (χ0n) is 18.6. The highest BCUT2D eigenvalue weighted by Gasteiger charge is 2.36. The van der Waals surface area contributed by atoms with Crippen molar-refractivity contribution in [2.24, 2.45) is 0 Å². The minimum atomic E-state index is -3.68. The number of carbonyl (C=O) groups is 2. The second-order valence-electron chi connectivity index (χ2n) is 7.49. The van der Waals surface area contributed by atoms with Crippen molar-refractivity contribution >= 4 is 27.5 Å². The molecule has 1 saturated heterocycles. The van der Waals surface area contributed by atoms with Crippen LogP contribution in [0, 0.1) is 0 Å². The first-order chi connectivity index (χ1) is 15.3. The molecule has 32 heavy (non-hydrogen) atoms. The van der Waals surface area contributed by atoms with Crippen LogP contribution in [-0.4, -0.2) is 57.6 Å². The highest BCUT2D eigenvalue weighted by molar-refractivity contribution is 7.94. The third-order valence-electron chi connectivity index (χ3n) is 5.63. The number of ether oxygens (including phenoxy) is 1. The van der Waals surface area contributed by atoms with Crippen LogP contribution in [-0.2, 0) is 14.8 Å². The van der Waals surface area contributed by atoms with E-state index in [4.69, 9.17) is 4.74 Å². The molecule has 2 aromatic carbocycles. The molecule has 0 radical (unpaired) electrons. The van der Waals surface area contributed by atoms with E-state index in [0.29, 0.717) is 12.1 Å². The maximum Gasteiger partial charge on any atom is 0.251 e. The summed E-state index contributed by atoms with van der Waals surface area (Å²) < 4.78 is 30.4. The molecule has 0 bridgehead atoms. The van der Waals surface area contributed by atoms with Crippen molar-refractivity contribution in [3.63, 3.8) is 0 Å². The van der Waals surface area contributed by atoms with Gasteiger partial charge in [0, 0.05) is 18.5 Å². The van der Waals surface area contributed by atoms with Gasteiger partial charge >= 0.3 is 0 Å². The fourth-order valence-corrected chi connectivity index (χ4v) is 5.33. The summed E-state index contributed by atoms with van der Waals surface area (Å²) in [6.45, 7) is 6.14. The van der Waals surface area contributed by atoms with Gasteiger partial charge < -0.3 is 10.1 Å². The summed E-state index contributed by atoms with van der Waals surface area (Å²) in [6, 6.07) is 13.9. The van der Waals surface area contributed by atoms with E-state index >= 15 is 0 Å². The Balaban J connectivity index is 1.78. The van der Waals surface area contributed by atoms with E-state index in [-0.39, 0.29) is 29.8 Å². The van der Waals surface area contributed by atoms with Crippen LogP contribution in [0.15, 0.2) is 48.5 Å². The Bertz CT molecular complexity index is 1070. The number of anilines is 1. The van der Waals surface area contributed by atoms with Gasteiger partial charge in [-0.2, -0.15) is 0 Å². The Kier molecular flexibility index (Phi) is 7.52. The van der Waals surface area contributed by atoms with Crippen LogP contribution >= 0.6 is 0 Å². The molecule has 1 heterocycles. The van der Waals surface area contributed by atoms with Crippen LogP contribution in [0.2, 0.25) is 0 Å². The molecule has 0 aromatic heterocycles. The Labute approximate surface area is 189 Å². The Morgan fingerprint density at radius 1 is 1.16 bits per heavy atom. The van der Waals surface area contributed by atoms with Gasteiger partial charge in [-0.25, -0.2) is 12.7 Å². The van der Waals surface area contributed by atoms with Crippen LogP contribution in [0.4, 0.5) is 5.69 Å².